The van der Waals surface area contributed by atoms with E-state index in [1.807, 2.05) is 31.2 Å². The summed E-state index contributed by atoms with van der Waals surface area (Å²) in [6, 6.07) is 10.5. The lowest BCUT2D eigenvalue weighted by molar-refractivity contribution is 0.0505. The number of aryl methyl sites for hydroxylation is 1. The zero-order chi connectivity index (χ0) is 16.7. The lowest BCUT2D eigenvalue weighted by Crippen LogP contribution is -2.40. The Morgan fingerprint density at radius 3 is 2.70 bits per heavy atom. The number of hydrogen-bond acceptors (Lipinski definition) is 4. The van der Waals surface area contributed by atoms with E-state index in [4.69, 9.17) is 4.74 Å². The van der Waals surface area contributed by atoms with Crippen molar-refractivity contribution >= 4 is 11.3 Å². The van der Waals surface area contributed by atoms with Crippen molar-refractivity contribution in [2.45, 2.75) is 45.9 Å². The van der Waals surface area contributed by atoms with E-state index in [0.29, 0.717) is 19.2 Å². The van der Waals surface area contributed by atoms with E-state index in [1.54, 1.807) is 11.3 Å². The minimum Gasteiger partial charge on any atom is -0.491 e. The van der Waals surface area contributed by atoms with Gasteiger partial charge < -0.3 is 9.84 Å². The van der Waals surface area contributed by atoms with E-state index in [1.165, 1.54) is 5.56 Å². The van der Waals surface area contributed by atoms with Gasteiger partial charge in [0.15, 0.2) is 0 Å². The van der Waals surface area contributed by atoms with E-state index in [2.05, 4.69) is 35.6 Å². The van der Waals surface area contributed by atoms with Gasteiger partial charge in [-0.3, -0.25) is 4.90 Å². The predicted molar refractivity (Wildman–Crippen MR) is 97.2 cm³/mol. The van der Waals surface area contributed by atoms with Crippen LogP contribution in [0.15, 0.2) is 41.1 Å². The molecule has 2 aromatic rings. The second kappa shape index (κ2) is 9.06. The normalized spacial score (nSPS) is 14.0. The molecule has 1 aromatic carbocycles. The molecule has 0 saturated heterocycles. The first-order valence-corrected chi connectivity index (χ1v) is 9.16. The molecule has 0 bridgehead atoms. The highest BCUT2D eigenvalue weighted by molar-refractivity contribution is 7.07. The number of nitrogens with zero attached hydrogens (tertiary/aromatic N) is 1. The summed E-state index contributed by atoms with van der Waals surface area (Å²) in [5.41, 5.74) is 2.40. The third kappa shape index (κ3) is 5.65. The number of hydrogen-bond donors (Lipinski definition) is 1. The first kappa shape index (κ1) is 18.0. The number of benzene rings is 1. The van der Waals surface area contributed by atoms with E-state index < -0.39 is 6.10 Å². The maximum atomic E-state index is 10.4. The van der Waals surface area contributed by atoms with Crippen molar-refractivity contribution in [2.24, 2.45) is 0 Å². The van der Waals surface area contributed by atoms with Crippen LogP contribution in [0, 0.1) is 6.92 Å². The summed E-state index contributed by atoms with van der Waals surface area (Å²) in [6.07, 6.45) is 0.567. The van der Waals surface area contributed by atoms with Gasteiger partial charge in [-0.2, -0.15) is 11.3 Å². The Morgan fingerprint density at radius 1 is 1.26 bits per heavy atom. The van der Waals surface area contributed by atoms with Crippen LogP contribution in [0.2, 0.25) is 0 Å². The average Bonchev–Trinajstić information content (AvgIpc) is 3.06. The van der Waals surface area contributed by atoms with Crippen molar-refractivity contribution in [3.63, 3.8) is 0 Å². The van der Waals surface area contributed by atoms with Crippen molar-refractivity contribution in [1.29, 1.82) is 0 Å². The van der Waals surface area contributed by atoms with Crippen LogP contribution in [0.1, 0.15) is 31.4 Å². The minimum atomic E-state index is -0.498. The van der Waals surface area contributed by atoms with Crippen molar-refractivity contribution in [1.82, 2.24) is 4.90 Å². The lowest BCUT2D eigenvalue weighted by atomic mass is 10.1. The summed E-state index contributed by atoms with van der Waals surface area (Å²) in [5, 5.41) is 14.7. The van der Waals surface area contributed by atoms with Crippen LogP contribution in [-0.2, 0) is 6.54 Å². The Balaban J connectivity index is 1.89. The van der Waals surface area contributed by atoms with Gasteiger partial charge in [0.1, 0.15) is 18.5 Å². The van der Waals surface area contributed by atoms with Gasteiger partial charge in [-0.05, 0) is 54.3 Å². The maximum Gasteiger partial charge on any atom is 0.122 e. The highest BCUT2D eigenvalue weighted by atomic mass is 32.1. The largest absolute Gasteiger partial charge is 0.491 e. The fourth-order valence-corrected chi connectivity index (χ4v) is 3.16. The number of aliphatic hydroxyl groups excluding tert-OH is 1. The van der Waals surface area contributed by atoms with Crippen molar-refractivity contribution in [3.8, 4) is 5.75 Å². The van der Waals surface area contributed by atoms with Gasteiger partial charge in [-0.1, -0.05) is 25.1 Å². The molecule has 4 heteroatoms. The Morgan fingerprint density at radius 2 is 2.04 bits per heavy atom. The molecule has 126 valence electrons. The molecule has 0 spiro atoms. The summed E-state index contributed by atoms with van der Waals surface area (Å²) in [7, 11) is 0. The first-order valence-electron chi connectivity index (χ1n) is 8.21. The Bertz CT molecular complexity index is 571. The van der Waals surface area contributed by atoms with Gasteiger partial charge in [0.05, 0.1) is 0 Å². The molecule has 2 unspecified atom stereocenters. The Kier molecular flexibility index (Phi) is 7.09. The zero-order valence-electron chi connectivity index (χ0n) is 14.2. The smallest absolute Gasteiger partial charge is 0.122 e. The van der Waals surface area contributed by atoms with Gasteiger partial charge in [0.25, 0.3) is 0 Å². The molecule has 0 aliphatic heterocycles. The van der Waals surface area contributed by atoms with Gasteiger partial charge in [0, 0.05) is 19.1 Å². The number of rotatable bonds is 9. The molecule has 1 aromatic heterocycles. The molecule has 1 heterocycles. The topological polar surface area (TPSA) is 32.7 Å². The summed E-state index contributed by atoms with van der Waals surface area (Å²) in [5.74, 6) is 0.847. The number of aliphatic hydroxyl groups is 1. The molecule has 2 atom stereocenters. The molecular weight excluding hydrogens is 306 g/mol. The molecule has 0 saturated carbocycles. The minimum absolute atomic E-state index is 0.321. The second-order valence-corrected chi connectivity index (χ2v) is 6.83. The van der Waals surface area contributed by atoms with E-state index in [-0.39, 0.29) is 0 Å². The van der Waals surface area contributed by atoms with Crippen LogP contribution in [-0.4, -0.2) is 35.3 Å². The van der Waals surface area contributed by atoms with Crippen molar-refractivity contribution in [2.75, 3.05) is 13.2 Å². The lowest BCUT2D eigenvalue weighted by Gasteiger charge is -2.30. The third-order valence-corrected chi connectivity index (χ3v) is 4.88. The molecule has 3 nitrogen and oxygen atoms in total. The summed E-state index contributed by atoms with van der Waals surface area (Å²) < 4.78 is 5.77. The van der Waals surface area contributed by atoms with Crippen LogP contribution >= 0.6 is 11.3 Å². The van der Waals surface area contributed by atoms with Crippen LogP contribution in [0.3, 0.4) is 0 Å². The number of thiophene rings is 1. The van der Waals surface area contributed by atoms with Crippen LogP contribution in [0.4, 0.5) is 0 Å². The number of ether oxygens (including phenoxy) is 1. The summed E-state index contributed by atoms with van der Waals surface area (Å²) in [6.45, 7) is 8.23. The molecule has 0 radical (unpaired) electrons. The maximum absolute atomic E-state index is 10.4. The molecule has 0 fully saturated rings. The predicted octanol–water partition coefficient (Wildman–Crippen LogP) is 4.10. The number of para-hydroxylation sites is 1. The standard InChI is InChI=1S/C19H27NO2S/c1-4-16(3)20(11-17-9-10-23-14-17)12-18(21)13-22-19-8-6-5-7-15(19)2/h5-10,14,16,18,21H,4,11-13H2,1-3H3. The van der Waals surface area contributed by atoms with Gasteiger partial charge in [0.2, 0.25) is 0 Å². The third-order valence-electron chi connectivity index (χ3n) is 4.15. The first-order chi connectivity index (χ1) is 11.1. The molecule has 2 rings (SSSR count). The average molecular weight is 333 g/mol. The highest BCUT2D eigenvalue weighted by Crippen LogP contribution is 2.17. The van der Waals surface area contributed by atoms with E-state index >= 15 is 0 Å². The van der Waals surface area contributed by atoms with E-state index in [9.17, 15) is 5.11 Å². The van der Waals surface area contributed by atoms with Crippen LogP contribution in [0.25, 0.3) is 0 Å². The van der Waals surface area contributed by atoms with Gasteiger partial charge in [-0.25, -0.2) is 0 Å². The van der Waals surface area contributed by atoms with Gasteiger partial charge >= 0.3 is 0 Å². The van der Waals surface area contributed by atoms with Crippen molar-refractivity contribution < 1.29 is 9.84 Å². The van der Waals surface area contributed by atoms with Crippen LogP contribution < -0.4 is 4.74 Å². The second-order valence-electron chi connectivity index (χ2n) is 6.05. The monoisotopic (exact) mass is 333 g/mol. The van der Waals surface area contributed by atoms with Gasteiger partial charge in [-0.15, -0.1) is 0 Å². The molecule has 23 heavy (non-hydrogen) atoms. The Hall–Kier alpha value is -1.36. The SMILES string of the molecule is CCC(C)N(Cc1ccsc1)CC(O)COc1ccccc1C. The fraction of sp³-hybridized carbons (Fsp3) is 0.474. The molecule has 0 aliphatic rings. The molecule has 0 aliphatic carbocycles. The van der Waals surface area contributed by atoms with Crippen molar-refractivity contribution in [3.05, 3.63) is 52.2 Å². The highest BCUT2D eigenvalue weighted by Gasteiger charge is 2.18. The Labute approximate surface area is 143 Å². The molecule has 1 N–H and O–H groups in total. The van der Waals surface area contributed by atoms with Crippen LogP contribution in [0.5, 0.6) is 5.75 Å². The fourth-order valence-electron chi connectivity index (χ4n) is 2.50. The molecule has 0 amide bonds. The summed E-state index contributed by atoms with van der Waals surface area (Å²) in [4.78, 5) is 2.33. The summed E-state index contributed by atoms with van der Waals surface area (Å²) >= 11 is 1.72. The van der Waals surface area contributed by atoms with E-state index in [0.717, 1.165) is 24.3 Å². The molecular formula is C19H27NO2S. The zero-order valence-corrected chi connectivity index (χ0v) is 15.1. The quantitative estimate of drug-likeness (QED) is 0.750.